The molecule has 0 aliphatic rings. The van der Waals surface area contributed by atoms with Crippen LogP contribution in [0.4, 0.5) is 0 Å². The molecule has 0 radical (unpaired) electrons. The van der Waals surface area contributed by atoms with Crippen molar-refractivity contribution in [2.45, 2.75) is 49.6 Å². The van der Waals surface area contributed by atoms with Crippen LogP contribution in [0.15, 0.2) is 58.3 Å². The van der Waals surface area contributed by atoms with Gasteiger partial charge >= 0.3 is 0 Å². The quantitative estimate of drug-likeness (QED) is 0.370. The van der Waals surface area contributed by atoms with Gasteiger partial charge in [0, 0.05) is 23.6 Å². The van der Waals surface area contributed by atoms with Crippen LogP contribution < -0.4 is 9.44 Å². The van der Waals surface area contributed by atoms with Crippen LogP contribution in [-0.4, -0.2) is 40.4 Å². The van der Waals surface area contributed by atoms with Gasteiger partial charge in [0.1, 0.15) is 0 Å². The number of aryl methyl sites for hydroxylation is 2. The Morgan fingerprint density at radius 3 is 1.27 bits per heavy atom. The maximum Gasteiger partial charge on any atom is 0.240 e. The van der Waals surface area contributed by atoms with Gasteiger partial charge in [-0.3, -0.25) is 0 Å². The molecule has 2 aromatic carbocycles. The Labute approximate surface area is 188 Å². The van der Waals surface area contributed by atoms with E-state index in [0.29, 0.717) is 11.5 Å². The molecule has 30 heavy (non-hydrogen) atoms. The number of sulfonamides is 2. The van der Waals surface area contributed by atoms with Crippen LogP contribution in [0.25, 0.3) is 0 Å². The molecule has 2 N–H and O–H groups in total. The third-order valence-electron chi connectivity index (χ3n) is 4.09. The molecule has 0 aliphatic heterocycles. The maximum atomic E-state index is 12.4. The monoisotopic (exact) mass is 488 g/mol. The first kappa shape index (κ1) is 25.2. The number of nitrogens with one attached hydrogen (secondary N) is 2. The summed E-state index contributed by atoms with van der Waals surface area (Å²) in [6, 6.07) is 12.9. The molecular formula is C20H28N2O4S4. The summed E-state index contributed by atoms with van der Waals surface area (Å²) in [5, 5.41) is 0. The maximum absolute atomic E-state index is 12.4. The Kier molecular flexibility index (Phi) is 9.26. The fourth-order valence-corrected chi connectivity index (χ4v) is 7.74. The molecule has 0 amide bonds. The first-order valence-corrected chi connectivity index (χ1v) is 14.9. The van der Waals surface area contributed by atoms with E-state index in [-0.39, 0.29) is 21.9 Å². The lowest BCUT2D eigenvalue weighted by molar-refractivity contribution is 0.569. The van der Waals surface area contributed by atoms with Gasteiger partial charge in [-0.1, -0.05) is 57.0 Å². The van der Waals surface area contributed by atoms with Gasteiger partial charge < -0.3 is 0 Å². The number of hydrogen-bond donors (Lipinski definition) is 2. The molecule has 0 aromatic heterocycles. The summed E-state index contributed by atoms with van der Waals surface area (Å²) in [6.45, 7) is 7.43. The van der Waals surface area contributed by atoms with Crippen LogP contribution >= 0.6 is 21.6 Å². The highest BCUT2D eigenvalue weighted by molar-refractivity contribution is 8.76. The fraction of sp³-hybridized carbons (Fsp3) is 0.400. The van der Waals surface area contributed by atoms with Gasteiger partial charge in [-0.15, -0.1) is 0 Å². The van der Waals surface area contributed by atoms with Crippen LogP contribution in [0, 0.1) is 13.8 Å². The smallest absolute Gasteiger partial charge is 0.207 e. The van der Waals surface area contributed by atoms with Gasteiger partial charge in [-0.25, -0.2) is 26.3 Å². The predicted octanol–water partition coefficient (Wildman–Crippen LogP) is 3.72. The molecule has 6 nitrogen and oxygen atoms in total. The van der Waals surface area contributed by atoms with Gasteiger partial charge in [0.25, 0.3) is 0 Å². The minimum Gasteiger partial charge on any atom is -0.207 e. The van der Waals surface area contributed by atoms with Crippen LogP contribution in [0.2, 0.25) is 0 Å². The molecular weight excluding hydrogens is 460 g/mol. The SMILES string of the molecule is Cc1ccc(S(=O)(=O)N[C@@H](C)CSSC[C@H](C)NS(=O)(=O)c2ccc(C)cc2)cc1. The van der Waals surface area contributed by atoms with Crippen LogP contribution in [0.5, 0.6) is 0 Å². The Bertz CT molecular complexity index is 936. The van der Waals surface area contributed by atoms with E-state index in [9.17, 15) is 16.8 Å². The minimum atomic E-state index is -3.55. The van der Waals surface area contributed by atoms with Crippen molar-refractivity contribution in [3.8, 4) is 0 Å². The molecule has 0 bridgehead atoms. The number of rotatable bonds is 11. The van der Waals surface area contributed by atoms with E-state index < -0.39 is 20.0 Å². The molecule has 0 fully saturated rings. The zero-order valence-corrected chi connectivity index (χ0v) is 20.7. The zero-order chi connectivity index (χ0) is 22.4. The van der Waals surface area contributed by atoms with Gasteiger partial charge in [0.15, 0.2) is 0 Å². The fourth-order valence-electron chi connectivity index (χ4n) is 2.47. The lowest BCUT2D eigenvalue weighted by Gasteiger charge is -2.16. The standard InChI is InChI=1S/C20H28N2O4S4/c1-15-5-9-19(10-6-15)29(23,24)21-17(3)13-27-28-14-18(4)22-30(25,26)20-11-7-16(2)8-12-20/h5-12,17-18,21-22H,13-14H2,1-4H3/t17-,18-/m0/s1. The van der Waals surface area contributed by atoms with E-state index in [1.807, 2.05) is 27.7 Å². The summed E-state index contributed by atoms with van der Waals surface area (Å²) in [4.78, 5) is 0.494. The van der Waals surface area contributed by atoms with Crippen LogP contribution in [-0.2, 0) is 20.0 Å². The molecule has 166 valence electrons. The third-order valence-corrected chi connectivity index (χ3v) is 10.1. The molecule has 10 heteroatoms. The van der Waals surface area contributed by atoms with Crippen molar-refractivity contribution >= 4 is 41.6 Å². The van der Waals surface area contributed by atoms with Crippen LogP contribution in [0.3, 0.4) is 0 Å². The number of benzene rings is 2. The Hall–Kier alpha value is -1.04. The lowest BCUT2D eigenvalue weighted by Crippen LogP contribution is -2.35. The second-order valence-corrected chi connectivity index (χ2v) is 13.2. The minimum absolute atomic E-state index is 0.247. The largest absolute Gasteiger partial charge is 0.240 e. The molecule has 2 rings (SSSR count). The van der Waals surface area contributed by atoms with E-state index in [4.69, 9.17) is 0 Å². The summed E-state index contributed by atoms with van der Waals surface area (Å²) >= 11 is 0. The van der Waals surface area contributed by atoms with Crippen LogP contribution in [0.1, 0.15) is 25.0 Å². The highest BCUT2D eigenvalue weighted by Gasteiger charge is 2.19. The Morgan fingerprint density at radius 2 is 0.967 bits per heavy atom. The number of hydrogen-bond acceptors (Lipinski definition) is 6. The van der Waals surface area contributed by atoms with E-state index in [2.05, 4.69) is 9.44 Å². The van der Waals surface area contributed by atoms with Crippen molar-refractivity contribution in [1.82, 2.24) is 9.44 Å². The van der Waals surface area contributed by atoms with Gasteiger partial charge in [-0.2, -0.15) is 0 Å². The molecule has 0 saturated carbocycles. The highest BCUT2D eigenvalue weighted by Crippen LogP contribution is 2.24. The lowest BCUT2D eigenvalue weighted by atomic mass is 10.2. The summed E-state index contributed by atoms with van der Waals surface area (Å²) in [6.07, 6.45) is 0. The zero-order valence-electron chi connectivity index (χ0n) is 17.5. The van der Waals surface area contributed by atoms with E-state index in [1.165, 1.54) is 21.6 Å². The predicted molar refractivity (Wildman–Crippen MR) is 127 cm³/mol. The topological polar surface area (TPSA) is 92.3 Å². The third kappa shape index (κ3) is 7.90. The van der Waals surface area contributed by atoms with Crippen molar-refractivity contribution in [3.05, 3.63) is 59.7 Å². The first-order valence-electron chi connectivity index (χ1n) is 9.42. The molecule has 0 heterocycles. The summed E-state index contributed by atoms with van der Waals surface area (Å²) in [7, 11) is -4.09. The Morgan fingerprint density at radius 1 is 0.667 bits per heavy atom. The van der Waals surface area contributed by atoms with Gasteiger partial charge in [0.2, 0.25) is 20.0 Å². The highest BCUT2D eigenvalue weighted by atomic mass is 33.1. The van der Waals surface area contributed by atoms with Crippen molar-refractivity contribution in [3.63, 3.8) is 0 Å². The van der Waals surface area contributed by atoms with Crippen molar-refractivity contribution < 1.29 is 16.8 Å². The van der Waals surface area contributed by atoms with E-state index in [1.54, 1.807) is 48.5 Å². The van der Waals surface area contributed by atoms with E-state index in [0.717, 1.165) is 11.1 Å². The molecule has 0 aliphatic carbocycles. The molecule has 2 aromatic rings. The summed E-state index contributed by atoms with van der Waals surface area (Å²) < 4.78 is 55.0. The molecule has 2 atom stereocenters. The first-order chi connectivity index (χ1) is 14.0. The summed E-state index contributed by atoms with van der Waals surface area (Å²) in [5.74, 6) is 1.13. The van der Waals surface area contributed by atoms with Crippen molar-refractivity contribution in [1.29, 1.82) is 0 Å². The average molecular weight is 489 g/mol. The molecule has 0 unspecified atom stereocenters. The van der Waals surface area contributed by atoms with Crippen molar-refractivity contribution in [2.75, 3.05) is 11.5 Å². The van der Waals surface area contributed by atoms with Gasteiger partial charge in [0.05, 0.1) is 9.79 Å². The summed E-state index contributed by atoms with van der Waals surface area (Å²) in [5.41, 5.74) is 2.00. The normalized spacial score (nSPS) is 14.4. The second kappa shape index (κ2) is 11.0. The van der Waals surface area contributed by atoms with Crippen molar-refractivity contribution in [2.24, 2.45) is 0 Å². The molecule has 0 saturated heterocycles. The van der Waals surface area contributed by atoms with E-state index >= 15 is 0 Å². The Balaban J connectivity index is 1.76. The van der Waals surface area contributed by atoms with Gasteiger partial charge in [-0.05, 0) is 52.0 Å². The molecule has 0 spiro atoms. The average Bonchev–Trinajstić information content (AvgIpc) is 2.65. The second-order valence-electron chi connectivity index (χ2n) is 7.24.